The first-order valence-corrected chi connectivity index (χ1v) is 13.4. The van der Waals surface area contributed by atoms with Crippen molar-refractivity contribution in [1.82, 2.24) is 14.4 Å². The van der Waals surface area contributed by atoms with Crippen molar-refractivity contribution in [3.05, 3.63) is 24.3 Å². The van der Waals surface area contributed by atoms with Gasteiger partial charge in [-0.15, -0.1) is 0 Å². The molecule has 2 aliphatic rings. The summed E-state index contributed by atoms with van der Waals surface area (Å²) in [6, 6.07) is 4.95. The first kappa shape index (κ1) is 27.7. The molecule has 2 aliphatic heterocycles. The zero-order valence-electron chi connectivity index (χ0n) is 21.4. The van der Waals surface area contributed by atoms with Crippen LogP contribution < -0.4 is 10.2 Å². The second-order valence-corrected chi connectivity index (χ2v) is 12.1. The van der Waals surface area contributed by atoms with Gasteiger partial charge in [-0.3, -0.25) is 29.0 Å². The fourth-order valence-corrected chi connectivity index (χ4v) is 5.84. The lowest BCUT2D eigenvalue weighted by atomic mass is 9.93. The molecule has 1 aromatic carbocycles. The Balaban J connectivity index is 1.82. The van der Waals surface area contributed by atoms with Gasteiger partial charge in [-0.05, 0) is 30.0 Å². The monoisotopic (exact) mass is 531 g/mol. The molecule has 10 nitrogen and oxygen atoms in total. The van der Waals surface area contributed by atoms with Crippen LogP contribution in [0.4, 0.5) is 16.2 Å². The van der Waals surface area contributed by atoms with E-state index in [1.54, 1.807) is 35.8 Å². The Morgan fingerprint density at radius 3 is 2.36 bits per heavy atom. The Morgan fingerprint density at radius 1 is 1.17 bits per heavy atom. The predicted octanol–water partition coefficient (Wildman–Crippen LogP) is 2.20. The fourth-order valence-electron chi connectivity index (χ4n) is 3.90. The number of hydrogen-bond acceptors (Lipinski definition) is 6. The Morgan fingerprint density at radius 2 is 1.81 bits per heavy atom. The molecule has 2 fully saturated rings. The van der Waals surface area contributed by atoms with Crippen molar-refractivity contribution in [3.63, 3.8) is 0 Å². The van der Waals surface area contributed by atoms with Gasteiger partial charge in [0.05, 0.1) is 16.7 Å². The number of imide groups is 1. The van der Waals surface area contributed by atoms with Crippen molar-refractivity contribution in [2.24, 2.45) is 5.41 Å². The Bertz CT molecular complexity index is 1080. The summed E-state index contributed by atoms with van der Waals surface area (Å²) < 4.78 is 1.68. The van der Waals surface area contributed by atoms with Crippen LogP contribution >= 0.6 is 12.6 Å². The molecule has 0 saturated carbocycles. The summed E-state index contributed by atoms with van der Waals surface area (Å²) in [4.78, 5) is 67.1. The van der Waals surface area contributed by atoms with Crippen LogP contribution in [0.1, 0.15) is 41.5 Å². The second kappa shape index (κ2) is 10.6. The first-order chi connectivity index (χ1) is 16.8. The zero-order valence-corrected chi connectivity index (χ0v) is 23.3. The molecular formula is C24H33N5O5SSi. The molecule has 6 amide bonds. The highest BCUT2D eigenvalue weighted by Crippen LogP contribution is 2.38. The van der Waals surface area contributed by atoms with Crippen molar-refractivity contribution >= 4 is 63.3 Å². The molecule has 3 atom stereocenters. The molecule has 0 aromatic heterocycles. The summed E-state index contributed by atoms with van der Waals surface area (Å²) in [6.45, 7) is 12.2. The highest BCUT2D eigenvalue weighted by atomic mass is 32.1. The smallest absolute Gasteiger partial charge is 0.329 e. The van der Waals surface area contributed by atoms with Gasteiger partial charge in [0.15, 0.2) is 9.68 Å². The number of carbonyl (C=O) groups is 5. The van der Waals surface area contributed by atoms with Gasteiger partial charge >= 0.3 is 17.8 Å². The number of amides is 6. The van der Waals surface area contributed by atoms with Crippen molar-refractivity contribution < 1.29 is 24.0 Å². The maximum atomic E-state index is 13.2. The van der Waals surface area contributed by atoms with Crippen molar-refractivity contribution in [2.45, 2.75) is 58.5 Å². The lowest BCUT2D eigenvalue weighted by Gasteiger charge is -2.50. The van der Waals surface area contributed by atoms with Crippen LogP contribution in [0.15, 0.2) is 24.3 Å². The molecule has 0 bridgehead atoms. The number of piperazine rings is 1. The predicted molar refractivity (Wildman–Crippen MR) is 141 cm³/mol. The van der Waals surface area contributed by atoms with Crippen LogP contribution in [0.3, 0.4) is 0 Å². The SMILES string of the molecule is CCN1CCN(C(=O)Nc2ccccc2N(C(C)=O)[C@@H]2C(=O)N([Si]C(C)C(C)(C)C)[C@@H]2S)C(=O)C1=O. The van der Waals surface area contributed by atoms with E-state index in [1.807, 2.05) is 0 Å². The minimum Gasteiger partial charge on any atom is -0.354 e. The number of hydrogen-bond donors (Lipinski definition) is 2. The summed E-state index contributed by atoms with van der Waals surface area (Å²) in [7, 11) is 0.217. The van der Waals surface area contributed by atoms with Gasteiger partial charge in [0.2, 0.25) is 11.8 Å². The molecular weight excluding hydrogens is 498 g/mol. The summed E-state index contributed by atoms with van der Waals surface area (Å²) in [5.41, 5.74) is 0.806. The largest absolute Gasteiger partial charge is 0.354 e. The normalized spacial score (nSPS) is 21.3. The molecule has 36 heavy (non-hydrogen) atoms. The van der Waals surface area contributed by atoms with E-state index >= 15 is 0 Å². The number of β-lactam (4-membered cyclic amide) rings is 1. The summed E-state index contributed by atoms with van der Waals surface area (Å²) >= 11 is 4.65. The van der Waals surface area contributed by atoms with Crippen LogP contribution in [-0.4, -0.2) is 84.8 Å². The standard InChI is InChI=1S/C24H33N5O5SSi/c1-7-26-12-13-27(21(33)20(26)32)23(34)25-16-10-8-9-11-17(16)28(15(3)30)18-19(31)29(22(18)35)36-14(2)24(4,5)6/h8-11,14,18,22,35H,7,12-13H2,1-6H3,(H,25,34)/t14?,18-,22-/m1/s1. The third-order valence-corrected chi connectivity index (χ3v) is 9.39. The number of benzene rings is 1. The van der Waals surface area contributed by atoms with Crippen LogP contribution in [0.5, 0.6) is 0 Å². The van der Waals surface area contributed by atoms with Gasteiger partial charge in [0, 0.05) is 26.6 Å². The first-order valence-electron chi connectivity index (χ1n) is 11.9. The topological polar surface area (TPSA) is 110 Å². The molecule has 2 saturated heterocycles. The van der Waals surface area contributed by atoms with Gasteiger partial charge < -0.3 is 14.8 Å². The molecule has 194 valence electrons. The number of urea groups is 1. The van der Waals surface area contributed by atoms with E-state index in [0.717, 1.165) is 4.90 Å². The third-order valence-electron chi connectivity index (χ3n) is 6.63. The molecule has 0 spiro atoms. The van der Waals surface area contributed by atoms with Crippen LogP contribution in [0, 0.1) is 5.41 Å². The zero-order chi connectivity index (χ0) is 26.9. The number of anilines is 2. The Kier molecular flexibility index (Phi) is 8.19. The molecule has 1 N–H and O–H groups in total. The van der Waals surface area contributed by atoms with Gasteiger partial charge in [-0.2, -0.15) is 12.6 Å². The number of para-hydroxylation sites is 2. The molecule has 3 rings (SSSR count). The Hall–Kier alpha value is -2.86. The molecule has 1 aromatic rings. The second-order valence-electron chi connectivity index (χ2n) is 9.96. The number of nitrogens with zero attached hydrogens (tertiary/aromatic N) is 4. The van der Waals surface area contributed by atoms with E-state index in [1.165, 1.54) is 16.7 Å². The highest BCUT2D eigenvalue weighted by molar-refractivity contribution is 7.81. The summed E-state index contributed by atoms with van der Waals surface area (Å²) in [6.07, 6.45) is 0. The van der Waals surface area contributed by atoms with E-state index in [0.29, 0.717) is 12.2 Å². The van der Waals surface area contributed by atoms with Gasteiger partial charge in [0.25, 0.3) is 0 Å². The quantitative estimate of drug-likeness (QED) is 0.253. The van der Waals surface area contributed by atoms with E-state index in [2.05, 4.69) is 45.6 Å². The molecule has 2 radical (unpaired) electrons. The van der Waals surface area contributed by atoms with Gasteiger partial charge in [0.1, 0.15) is 6.04 Å². The average molecular weight is 532 g/mol. The molecule has 2 heterocycles. The highest BCUT2D eigenvalue weighted by Gasteiger charge is 2.51. The molecule has 1 unspecified atom stereocenters. The minimum atomic E-state index is -0.907. The number of likely N-dealkylation sites (N-methyl/N-ethyl adjacent to an activating group) is 1. The number of rotatable bonds is 6. The van der Waals surface area contributed by atoms with E-state index in [-0.39, 0.29) is 51.2 Å². The van der Waals surface area contributed by atoms with Gasteiger partial charge in [-0.25, -0.2) is 4.79 Å². The lowest BCUT2D eigenvalue weighted by Crippen LogP contribution is -2.71. The number of nitrogens with one attached hydrogen (secondary N) is 1. The maximum Gasteiger partial charge on any atom is 0.329 e. The van der Waals surface area contributed by atoms with E-state index < -0.39 is 29.3 Å². The summed E-state index contributed by atoms with van der Waals surface area (Å²) in [5, 5.41) is 2.14. The van der Waals surface area contributed by atoms with E-state index in [4.69, 9.17) is 0 Å². The number of thiol groups is 1. The van der Waals surface area contributed by atoms with Crippen molar-refractivity contribution in [2.75, 3.05) is 29.9 Å². The minimum absolute atomic E-state index is 0.00980. The lowest BCUT2D eigenvalue weighted by molar-refractivity contribution is -0.153. The maximum absolute atomic E-state index is 13.2. The van der Waals surface area contributed by atoms with Gasteiger partial charge in [-0.1, -0.05) is 39.8 Å². The van der Waals surface area contributed by atoms with E-state index in [9.17, 15) is 24.0 Å². The fraction of sp³-hybridized carbons (Fsp3) is 0.542. The molecule has 0 aliphatic carbocycles. The Labute approximate surface area is 219 Å². The number of carbonyl (C=O) groups excluding carboxylic acids is 5. The average Bonchev–Trinajstić information content (AvgIpc) is 2.81. The molecule has 12 heteroatoms. The van der Waals surface area contributed by atoms with Crippen molar-refractivity contribution in [3.8, 4) is 0 Å². The van der Waals surface area contributed by atoms with Crippen LogP contribution in [0.25, 0.3) is 0 Å². The summed E-state index contributed by atoms with van der Waals surface area (Å²) in [5.74, 6) is -2.24. The van der Waals surface area contributed by atoms with Crippen LogP contribution in [-0.2, 0) is 19.2 Å². The van der Waals surface area contributed by atoms with Crippen molar-refractivity contribution in [1.29, 1.82) is 0 Å². The third kappa shape index (κ3) is 5.29. The van der Waals surface area contributed by atoms with Crippen LogP contribution in [0.2, 0.25) is 5.54 Å².